The molecule has 1 fully saturated rings. The van der Waals surface area contributed by atoms with Gasteiger partial charge in [-0.3, -0.25) is 4.98 Å². The number of hydrogen-bond donors (Lipinski definition) is 1. The van der Waals surface area contributed by atoms with Gasteiger partial charge in [0.2, 0.25) is 0 Å². The van der Waals surface area contributed by atoms with Gasteiger partial charge in [-0.25, -0.2) is 4.98 Å². The molecule has 1 saturated carbocycles. The Morgan fingerprint density at radius 3 is 2.78 bits per heavy atom. The molecule has 0 saturated heterocycles. The van der Waals surface area contributed by atoms with Crippen molar-refractivity contribution in [2.24, 2.45) is 0 Å². The summed E-state index contributed by atoms with van der Waals surface area (Å²) in [5.74, 6) is 1.61. The first-order valence-corrected chi connectivity index (χ1v) is 6.60. The average Bonchev–Trinajstić information content (AvgIpc) is 3.16. The first kappa shape index (κ1) is 11.5. The molecule has 0 aromatic carbocycles. The molecule has 18 heavy (non-hydrogen) atoms. The zero-order valence-electron chi connectivity index (χ0n) is 10.5. The van der Waals surface area contributed by atoms with Crippen LogP contribution in [0.25, 0.3) is 11.3 Å². The molecule has 2 aromatic heterocycles. The van der Waals surface area contributed by atoms with E-state index in [4.69, 9.17) is 12.2 Å². The lowest BCUT2D eigenvalue weighted by Crippen LogP contribution is -1.99. The fourth-order valence-electron chi connectivity index (χ4n) is 2.09. The van der Waals surface area contributed by atoms with Crippen LogP contribution >= 0.6 is 12.2 Å². The van der Waals surface area contributed by atoms with E-state index < -0.39 is 0 Å². The van der Waals surface area contributed by atoms with Crippen molar-refractivity contribution >= 4 is 12.2 Å². The fraction of sp³-hybridized carbons (Fsp3) is 0.357. The predicted octanol–water partition coefficient (Wildman–Crippen LogP) is 3.70. The molecule has 0 aliphatic heterocycles. The third kappa shape index (κ3) is 2.08. The van der Waals surface area contributed by atoms with Crippen molar-refractivity contribution in [3.63, 3.8) is 0 Å². The molecule has 1 aliphatic rings. The lowest BCUT2D eigenvalue weighted by Gasteiger charge is -2.09. The first-order valence-electron chi connectivity index (χ1n) is 6.19. The van der Waals surface area contributed by atoms with Crippen LogP contribution in [0.5, 0.6) is 0 Å². The van der Waals surface area contributed by atoms with Gasteiger partial charge >= 0.3 is 0 Å². The van der Waals surface area contributed by atoms with Gasteiger partial charge in [0, 0.05) is 28.9 Å². The maximum atomic E-state index is 5.36. The Labute approximate surface area is 111 Å². The van der Waals surface area contributed by atoms with Crippen LogP contribution in [0.2, 0.25) is 0 Å². The zero-order valence-corrected chi connectivity index (χ0v) is 11.3. The van der Waals surface area contributed by atoms with E-state index >= 15 is 0 Å². The molecule has 3 nitrogen and oxygen atoms in total. The summed E-state index contributed by atoms with van der Waals surface area (Å²) in [6, 6.07) is 4.08. The number of nitrogens with zero attached hydrogens (tertiary/aromatic N) is 2. The summed E-state index contributed by atoms with van der Waals surface area (Å²) < 4.78 is 0.708. The third-order valence-electron chi connectivity index (χ3n) is 3.32. The third-order valence-corrected chi connectivity index (χ3v) is 3.72. The largest absolute Gasteiger partial charge is 0.343 e. The standard InChI is InChI=1S/C14H15N3S/c1-8-7-11(5-6-15-8)12-9(2)14(18)17-13(16-12)10-3-4-10/h5-7,10H,3-4H2,1-2H3,(H,16,17,18). The van der Waals surface area contributed by atoms with Gasteiger partial charge in [0.15, 0.2) is 0 Å². The smallest absolute Gasteiger partial charge is 0.133 e. The van der Waals surface area contributed by atoms with Gasteiger partial charge in [-0.15, -0.1) is 0 Å². The monoisotopic (exact) mass is 257 g/mol. The molecular formula is C14H15N3S. The zero-order chi connectivity index (χ0) is 12.7. The summed E-state index contributed by atoms with van der Waals surface area (Å²) in [4.78, 5) is 12.2. The van der Waals surface area contributed by atoms with E-state index in [1.165, 1.54) is 12.8 Å². The Hall–Kier alpha value is -1.55. The highest BCUT2D eigenvalue weighted by Crippen LogP contribution is 2.39. The fourth-order valence-corrected chi connectivity index (χ4v) is 2.29. The van der Waals surface area contributed by atoms with Gasteiger partial charge < -0.3 is 4.98 Å². The Kier molecular flexibility index (Phi) is 2.74. The van der Waals surface area contributed by atoms with Crippen molar-refractivity contribution in [3.8, 4) is 11.3 Å². The molecular weight excluding hydrogens is 242 g/mol. The van der Waals surface area contributed by atoms with Crippen molar-refractivity contribution in [1.82, 2.24) is 15.0 Å². The molecule has 3 rings (SSSR count). The summed E-state index contributed by atoms with van der Waals surface area (Å²) in [5, 5.41) is 0. The summed E-state index contributed by atoms with van der Waals surface area (Å²) in [7, 11) is 0. The van der Waals surface area contributed by atoms with Gasteiger partial charge in [0.05, 0.1) is 5.69 Å². The Bertz CT molecular complexity index is 656. The van der Waals surface area contributed by atoms with E-state index in [-0.39, 0.29) is 0 Å². The predicted molar refractivity (Wildman–Crippen MR) is 74.1 cm³/mol. The number of nitrogens with one attached hydrogen (secondary N) is 1. The van der Waals surface area contributed by atoms with Gasteiger partial charge in [-0.2, -0.15) is 0 Å². The molecule has 1 aliphatic carbocycles. The SMILES string of the molecule is Cc1cc(-c2[nH]c(C3CC3)nc(=S)c2C)ccn1. The number of rotatable bonds is 2. The first-order chi connectivity index (χ1) is 8.65. The second-order valence-electron chi connectivity index (χ2n) is 4.89. The number of hydrogen-bond acceptors (Lipinski definition) is 3. The molecule has 92 valence electrons. The number of pyridine rings is 1. The van der Waals surface area contributed by atoms with Gasteiger partial charge in [-0.1, -0.05) is 12.2 Å². The number of aromatic amines is 1. The Balaban J connectivity index is 2.18. The summed E-state index contributed by atoms with van der Waals surface area (Å²) in [6.45, 7) is 4.02. The van der Waals surface area contributed by atoms with Crippen molar-refractivity contribution in [3.05, 3.63) is 40.1 Å². The topological polar surface area (TPSA) is 41.6 Å². The van der Waals surface area contributed by atoms with Crippen LogP contribution in [-0.2, 0) is 0 Å². The molecule has 2 aromatic rings. The van der Waals surface area contributed by atoms with Crippen molar-refractivity contribution in [1.29, 1.82) is 0 Å². The van der Waals surface area contributed by atoms with Crippen LogP contribution in [0.15, 0.2) is 18.3 Å². The molecule has 4 heteroatoms. The van der Waals surface area contributed by atoms with E-state index in [2.05, 4.69) is 21.0 Å². The van der Waals surface area contributed by atoms with E-state index in [0.29, 0.717) is 10.6 Å². The summed E-state index contributed by atoms with van der Waals surface area (Å²) in [5.41, 5.74) is 4.27. The molecule has 2 heterocycles. The molecule has 0 atom stereocenters. The highest BCUT2D eigenvalue weighted by Gasteiger charge is 2.26. The van der Waals surface area contributed by atoms with Crippen molar-refractivity contribution in [2.75, 3.05) is 0 Å². The Morgan fingerprint density at radius 2 is 2.11 bits per heavy atom. The highest BCUT2D eigenvalue weighted by atomic mass is 32.1. The van der Waals surface area contributed by atoms with Crippen LogP contribution in [-0.4, -0.2) is 15.0 Å². The molecule has 0 bridgehead atoms. The maximum Gasteiger partial charge on any atom is 0.133 e. The van der Waals surface area contributed by atoms with Crippen molar-refractivity contribution in [2.45, 2.75) is 32.6 Å². The van der Waals surface area contributed by atoms with Crippen LogP contribution < -0.4 is 0 Å². The van der Waals surface area contributed by atoms with Crippen LogP contribution in [0.4, 0.5) is 0 Å². The van der Waals surface area contributed by atoms with E-state index in [0.717, 1.165) is 28.3 Å². The molecule has 0 unspecified atom stereocenters. The number of aromatic nitrogens is 3. The average molecular weight is 257 g/mol. The molecule has 0 amide bonds. The van der Waals surface area contributed by atoms with Gasteiger partial charge in [0.1, 0.15) is 10.5 Å². The van der Waals surface area contributed by atoms with Gasteiger partial charge in [0.25, 0.3) is 0 Å². The van der Waals surface area contributed by atoms with Crippen LogP contribution in [0.3, 0.4) is 0 Å². The maximum absolute atomic E-state index is 5.36. The van der Waals surface area contributed by atoms with E-state index in [1.807, 2.05) is 26.1 Å². The lowest BCUT2D eigenvalue weighted by molar-refractivity contribution is 0.914. The second kappa shape index (κ2) is 4.28. The van der Waals surface area contributed by atoms with Crippen LogP contribution in [0.1, 0.15) is 35.8 Å². The van der Waals surface area contributed by atoms with E-state index in [1.54, 1.807) is 0 Å². The lowest BCUT2D eigenvalue weighted by atomic mass is 10.1. The molecule has 1 N–H and O–H groups in total. The number of aryl methyl sites for hydroxylation is 1. The summed E-state index contributed by atoms with van der Waals surface area (Å²) >= 11 is 5.36. The van der Waals surface area contributed by atoms with E-state index in [9.17, 15) is 0 Å². The molecule has 0 spiro atoms. The van der Waals surface area contributed by atoms with Crippen LogP contribution in [0, 0.1) is 18.5 Å². The minimum atomic E-state index is 0.578. The minimum absolute atomic E-state index is 0.578. The summed E-state index contributed by atoms with van der Waals surface area (Å²) in [6.07, 6.45) is 4.27. The van der Waals surface area contributed by atoms with Gasteiger partial charge in [-0.05, 0) is 38.8 Å². The highest BCUT2D eigenvalue weighted by molar-refractivity contribution is 7.71. The number of H-pyrrole nitrogens is 1. The minimum Gasteiger partial charge on any atom is -0.343 e. The Morgan fingerprint density at radius 1 is 1.33 bits per heavy atom. The second-order valence-corrected chi connectivity index (χ2v) is 5.27. The normalized spacial score (nSPS) is 14.8. The van der Waals surface area contributed by atoms with Crippen molar-refractivity contribution < 1.29 is 0 Å². The quantitative estimate of drug-likeness (QED) is 0.834. The molecule has 0 radical (unpaired) electrons.